The summed E-state index contributed by atoms with van der Waals surface area (Å²) in [6, 6.07) is 4.38. The molecule has 1 aromatic carbocycles. The number of aromatic hydroxyl groups is 1. The molecule has 2 bridgehead atoms. The molecule has 6 atom stereocenters. The monoisotopic (exact) mass is 525 g/mol. The number of aliphatic hydroxyl groups excluding tert-OH is 1. The average Bonchev–Trinajstić information content (AvgIpc) is 3.61. The van der Waals surface area contributed by atoms with E-state index in [1.165, 1.54) is 0 Å². The van der Waals surface area contributed by atoms with Crippen molar-refractivity contribution in [2.75, 3.05) is 13.1 Å². The SMILES string of the molecule is CC(C)N1C[C@H]2C[C@H]1C(=O)N1C[C@@H](n3cc(-c4cccc(O)c4)nn3)C[C@H]1C(=O)N[C@@H](C)[C@@H](O)CC(=O)N2. The Hall–Kier alpha value is -3.51. The summed E-state index contributed by atoms with van der Waals surface area (Å²) in [4.78, 5) is 43.7. The molecule has 4 N–H and O–H groups in total. The number of aromatic nitrogens is 3. The smallest absolute Gasteiger partial charge is 0.243 e. The second-order valence-corrected chi connectivity index (χ2v) is 10.9. The highest BCUT2D eigenvalue weighted by Gasteiger charge is 2.47. The Labute approximate surface area is 221 Å². The van der Waals surface area contributed by atoms with Gasteiger partial charge in [0, 0.05) is 37.2 Å². The van der Waals surface area contributed by atoms with E-state index in [1.807, 2.05) is 19.9 Å². The van der Waals surface area contributed by atoms with Gasteiger partial charge in [-0.05, 0) is 39.3 Å². The van der Waals surface area contributed by atoms with Crippen molar-refractivity contribution in [1.29, 1.82) is 0 Å². The summed E-state index contributed by atoms with van der Waals surface area (Å²) in [5.74, 6) is -0.699. The van der Waals surface area contributed by atoms with Crippen molar-refractivity contribution in [2.24, 2.45) is 0 Å². The Bertz CT molecular complexity index is 1220. The summed E-state index contributed by atoms with van der Waals surface area (Å²) in [7, 11) is 0. The molecular weight excluding hydrogens is 490 g/mol. The minimum atomic E-state index is -1.06. The highest BCUT2D eigenvalue weighted by Crippen LogP contribution is 2.32. The molecule has 0 unspecified atom stereocenters. The minimum absolute atomic E-state index is 0.0650. The van der Waals surface area contributed by atoms with Crippen LogP contribution in [0.3, 0.4) is 0 Å². The van der Waals surface area contributed by atoms with Gasteiger partial charge in [0.15, 0.2) is 0 Å². The van der Waals surface area contributed by atoms with Crippen molar-refractivity contribution in [2.45, 2.75) is 82.4 Å². The standard InChI is InChI=1S/C26H35N7O5/c1-14(2)31-11-17-8-22(31)26(38)32-12-18(33-13-20(29-30-33)16-5-4-6-19(34)7-16)9-21(32)25(37)27-15(3)23(35)10-24(36)28-17/h4-7,13-15,17-18,21-23,34-35H,8-12H2,1-3H3,(H,27,37)(H,28,36)/t15-,17+,18-,21-,22-,23-/m0/s1. The molecule has 204 valence electrons. The van der Waals surface area contributed by atoms with Gasteiger partial charge in [0.25, 0.3) is 0 Å². The van der Waals surface area contributed by atoms with Gasteiger partial charge in [-0.3, -0.25) is 19.3 Å². The molecule has 0 spiro atoms. The molecule has 2 aromatic rings. The van der Waals surface area contributed by atoms with Gasteiger partial charge in [-0.15, -0.1) is 5.10 Å². The number of phenolic OH excluding ortho intramolecular Hbond substituents is 1. The van der Waals surface area contributed by atoms with E-state index < -0.39 is 24.2 Å². The molecule has 0 saturated carbocycles. The molecule has 0 aliphatic carbocycles. The molecular formula is C26H35N7O5. The van der Waals surface area contributed by atoms with Gasteiger partial charge in [0.1, 0.15) is 17.5 Å². The summed E-state index contributed by atoms with van der Waals surface area (Å²) >= 11 is 0. The van der Waals surface area contributed by atoms with E-state index in [-0.39, 0.29) is 54.6 Å². The lowest BCUT2D eigenvalue weighted by Gasteiger charge is -2.33. The van der Waals surface area contributed by atoms with Gasteiger partial charge in [-0.2, -0.15) is 0 Å². The molecule has 3 fully saturated rings. The van der Waals surface area contributed by atoms with Crippen molar-refractivity contribution in [3.63, 3.8) is 0 Å². The second kappa shape index (κ2) is 10.3. The number of nitrogens with one attached hydrogen (secondary N) is 2. The van der Waals surface area contributed by atoms with E-state index in [0.29, 0.717) is 30.6 Å². The predicted molar refractivity (Wildman–Crippen MR) is 137 cm³/mol. The van der Waals surface area contributed by atoms with Crippen LogP contribution in [0.1, 0.15) is 46.1 Å². The van der Waals surface area contributed by atoms with Crippen LogP contribution in [-0.2, 0) is 14.4 Å². The van der Waals surface area contributed by atoms with Crippen LogP contribution in [0, 0.1) is 0 Å². The lowest BCUT2D eigenvalue weighted by molar-refractivity contribution is -0.142. The van der Waals surface area contributed by atoms with Crippen LogP contribution in [0.15, 0.2) is 30.5 Å². The zero-order valence-electron chi connectivity index (χ0n) is 21.8. The molecule has 12 nitrogen and oxygen atoms in total. The minimum Gasteiger partial charge on any atom is -0.508 e. The van der Waals surface area contributed by atoms with E-state index in [1.54, 1.807) is 40.9 Å². The number of hydrogen-bond acceptors (Lipinski definition) is 8. The fourth-order valence-corrected chi connectivity index (χ4v) is 5.79. The van der Waals surface area contributed by atoms with Gasteiger partial charge >= 0.3 is 0 Å². The van der Waals surface area contributed by atoms with Gasteiger partial charge in [0.05, 0.1) is 36.8 Å². The van der Waals surface area contributed by atoms with Gasteiger partial charge in [0.2, 0.25) is 17.7 Å². The Kier molecular flexibility index (Phi) is 7.10. The summed E-state index contributed by atoms with van der Waals surface area (Å²) in [6.45, 7) is 6.47. The first-order valence-electron chi connectivity index (χ1n) is 13.2. The Morgan fingerprint density at radius 2 is 1.87 bits per heavy atom. The van der Waals surface area contributed by atoms with Gasteiger partial charge < -0.3 is 25.7 Å². The number of carbonyl (C=O) groups excluding carboxylic acids is 3. The number of nitrogens with zero attached hydrogens (tertiary/aromatic N) is 5. The molecule has 4 heterocycles. The highest BCUT2D eigenvalue weighted by atomic mass is 16.3. The fourth-order valence-electron chi connectivity index (χ4n) is 5.79. The Morgan fingerprint density at radius 3 is 2.61 bits per heavy atom. The van der Waals surface area contributed by atoms with Gasteiger partial charge in [-0.25, -0.2) is 4.68 Å². The number of rotatable bonds is 3. The van der Waals surface area contributed by atoms with Crippen molar-refractivity contribution >= 4 is 17.7 Å². The Morgan fingerprint density at radius 1 is 1.08 bits per heavy atom. The van der Waals surface area contributed by atoms with E-state index in [9.17, 15) is 24.6 Å². The molecule has 3 amide bonds. The third-order valence-electron chi connectivity index (χ3n) is 7.89. The molecule has 38 heavy (non-hydrogen) atoms. The zero-order valence-corrected chi connectivity index (χ0v) is 21.8. The van der Waals surface area contributed by atoms with Crippen LogP contribution < -0.4 is 10.6 Å². The molecule has 3 saturated heterocycles. The third kappa shape index (κ3) is 5.10. The maximum absolute atomic E-state index is 14.0. The Balaban J connectivity index is 1.45. The summed E-state index contributed by atoms with van der Waals surface area (Å²) in [5.41, 5.74) is 1.28. The van der Waals surface area contributed by atoms with Crippen LogP contribution >= 0.6 is 0 Å². The number of benzene rings is 1. The first kappa shape index (κ1) is 26.1. The number of aliphatic hydroxyl groups is 1. The average molecular weight is 526 g/mol. The molecule has 3 aliphatic rings. The number of carbonyl (C=O) groups is 3. The molecule has 5 rings (SSSR count). The summed E-state index contributed by atoms with van der Waals surface area (Å²) in [5, 5.41) is 34.7. The number of phenols is 1. The number of fused-ring (bicyclic) bond motifs is 3. The van der Waals surface area contributed by atoms with Crippen molar-refractivity contribution in [3.8, 4) is 17.0 Å². The number of likely N-dealkylation sites (tertiary alicyclic amines) is 1. The van der Waals surface area contributed by atoms with E-state index in [2.05, 4.69) is 25.8 Å². The van der Waals surface area contributed by atoms with Crippen molar-refractivity contribution < 1.29 is 24.6 Å². The first-order valence-corrected chi connectivity index (χ1v) is 13.2. The van der Waals surface area contributed by atoms with E-state index >= 15 is 0 Å². The number of hydrogen-bond donors (Lipinski definition) is 4. The second-order valence-electron chi connectivity index (χ2n) is 10.9. The van der Waals surface area contributed by atoms with Crippen molar-refractivity contribution in [1.82, 2.24) is 35.4 Å². The maximum Gasteiger partial charge on any atom is 0.243 e. The fraction of sp³-hybridized carbons (Fsp3) is 0.577. The van der Waals surface area contributed by atoms with Crippen LogP contribution in [-0.4, -0.2) is 102 Å². The van der Waals surface area contributed by atoms with Gasteiger partial charge in [-0.1, -0.05) is 17.3 Å². The van der Waals surface area contributed by atoms with Crippen LogP contribution in [0.25, 0.3) is 11.3 Å². The molecule has 3 aliphatic heterocycles. The third-order valence-corrected chi connectivity index (χ3v) is 7.89. The molecule has 0 radical (unpaired) electrons. The quantitative estimate of drug-likeness (QED) is 0.438. The van der Waals surface area contributed by atoms with E-state index in [4.69, 9.17) is 0 Å². The van der Waals surface area contributed by atoms with Crippen LogP contribution in [0.2, 0.25) is 0 Å². The zero-order chi connectivity index (χ0) is 27.1. The summed E-state index contributed by atoms with van der Waals surface area (Å²) in [6.07, 6.45) is 1.34. The molecule has 12 heteroatoms. The lowest BCUT2D eigenvalue weighted by Crippen LogP contribution is -2.55. The first-order chi connectivity index (χ1) is 18.1. The van der Waals surface area contributed by atoms with Crippen molar-refractivity contribution in [3.05, 3.63) is 30.5 Å². The molecule has 1 aromatic heterocycles. The largest absolute Gasteiger partial charge is 0.508 e. The topological polar surface area (TPSA) is 153 Å². The maximum atomic E-state index is 14.0. The predicted octanol–water partition coefficient (Wildman–Crippen LogP) is 0.0295. The lowest BCUT2D eigenvalue weighted by atomic mass is 10.1. The number of amides is 3. The van der Waals surface area contributed by atoms with Crippen LogP contribution in [0.4, 0.5) is 0 Å². The highest BCUT2D eigenvalue weighted by molar-refractivity contribution is 5.91. The summed E-state index contributed by atoms with van der Waals surface area (Å²) < 4.78 is 1.67. The van der Waals surface area contributed by atoms with E-state index in [0.717, 1.165) is 0 Å². The normalized spacial score (nSPS) is 30.9. The van der Waals surface area contributed by atoms with Crippen LogP contribution in [0.5, 0.6) is 5.75 Å².